The number of ether oxygens (including phenoxy) is 6. The standard InChI is InChI=1S/C35H44O10/c1-40-28-17-23(32-25-19-27-26(43-21-44-27)16-22(25)15-24-20-42-35(39)33(24)32)18-29(41-2)34(28)45-31(38)14-12-10-8-6-4-3-5-7-9-11-13-30(36)37/h16-19,24,32-33H,3-15,20-21H2,1-2H3,(H,36,37)/t24-,32+,33-/m0/s1. The number of rotatable bonds is 17. The molecule has 5 rings (SSSR count). The minimum atomic E-state index is -0.720. The lowest BCUT2D eigenvalue weighted by Gasteiger charge is -2.34. The zero-order valence-electron chi connectivity index (χ0n) is 26.3. The van der Waals surface area contributed by atoms with Crippen LogP contribution in [0.15, 0.2) is 24.3 Å². The monoisotopic (exact) mass is 624 g/mol. The molecule has 1 N–H and O–H groups in total. The first-order chi connectivity index (χ1) is 21.9. The smallest absolute Gasteiger partial charge is 0.311 e. The fraction of sp³-hybridized carbons (Fsp3) is 0.571. The molecule has 2 aliphatic heterocycles. The van der Waals surface area contributed by atoms with Crippen molar-refractivity contribution in [3.63, 3.8) is 0 Å². The maximum atomic E-state index is 13.0. The van der Waals surface area contributed by atoms with Crippen LogP contribution in [-0.4, -0.2) is 50.6 Å². The first-order valence-electron chi connectivity index (χ1n) is 16.2. The van der Waals surface area contributed by atoms with Gasteiger partial charge in [0.2, 0.25) is 12.5 Å². The molecule has 0 unspecified atom stereocenters. The molecule has 2 heterocycles. The number of cyclic esters (lactones) is 1. The quantitative estimate of drug-likeness (QED) is 0.117. The van der Waals surface area contributed by atoms with Crippen molar-refractivity contribution >= 4 is 17.9 Å². The van der Waals surface area contributed by atoms with Crippen LogP contribution in [0.25, 0.3) is 0 Å². The van der Waals surface area contributed by atoms with Crippen molar-refractivity contribution in [2.24, 2.45) is 11.8 Å². The molecule has 0 spiro atoms. The van der Waals surface area contributed by atoms with Crippen molar-refractivity contribution in [1.82, 2.24) is 0 Å². The number of fused-ring (bicyclic) bond motifs is 3. The number of carboxylic acids is 1. The number of unbranched alkanes of at least 4 members (excludes halogenated alkanes) is 9. The van der Waals surface area contributed by atoms with Gasteiger partial charge in [-0.3, -0.25) is 14.4 Å². The Morgan fingerprint density at radius 1 is 0.800 bits per heavy atom. The Balaban J connectivity index is 1.18. The van der Waals surface area contributed by atoms with Crippen LogP contribution in [0.4, 0.5) is 0 Å². The lowest BCUT2D eigenvalue weighted by Crippen LogP contribution is -2.31. The van der Waals surface area contributed by atoms with Crippen LogP contribution in [0.2, 0.25) is 0 Å². The summed E-state index contributed by atoms with van der Waals surface area (Å²) >= 11 is 0. The van der Waals surface area contributed by atoms with Crippen molar-refractivity contribution in [3.05, 3.63) is 41.0 Å². The second-order valence-electron chi connectivity index (χ2n) is 12.2. The molecule has 0 radical (unpaired) electrons. The summed E-state index contributed by atoms with van der Waals surface area (Å²) in [6.45, 7) is 0.534. The summed E-state index contributed by atoms with van der Waals surface area (Å²) in [5.74, 6) is 0.330. The van der Waals surface area contributed by atoms with Gasteiger partial charge in [0.1, 0.15) is 0 Å². The van der Waals surface area contributed by atoms with Crippen LogP contribution >= 0.6 is 0 Å². The Kier molecular flexibility index (Phi) is 11.1. The highest BCUT2D eigenvalue weighted by Crippen LogP contribution is 2.52. The number of aliphatic carboxylic acids is 1. The zero-order valence-corrected chi connectivity index (χ0v) is 26.3. The van der Waals surface area contributed by atoms with Gasteiger partial charge in [-0.1, -0.05) is 51.4 Å². The minimum absolute atomic E-state index is 0.0281. The first-order valence-corrected chi connectivity index (χ1v) is 16.2. The van der Waals surface area contributed by atoms with Gasteiger partial charge in [-0.15, -0.1) is 0 Å². The molecule has 1 aliphatic carbocycles. The molecule has 1 fully saturated rings. The number of hydrogen-bond donors (Lipinski definition) is 1. The third-order valence-corrected chi connectivity index (χ3v) is 9.11. The Morgan fingerprint density at radius 3 is 1.98 bits per heavy atom. The van der Waals surface area contributed by atoms with Gasteiger partial charge in [-0.2, -0.15) is 0 Å². The molecule has 3 aliphatic rings. The number of hydrogen-bond acceptors (Lipinski definition) is 9. The van der Waals surface area contributed by atoms with E-state index in [1.807, 2.05) is 24.3 Å². The van der Waals surface area contributed by atoms with Gasteiger partial charge in [-0.25, -0.2) is 0 Å². The minimum Gasteiger partial charge on any atom is -0.493 e. The number of carbonyl (C=O) groups is 3. The van der Waals surface area contributed by atoms with Crippen molar-refractivity contribution in [1.29, 1.82) is 0 Å². The van der Waals surface area contributed by atoms with Crippen molar-refractivity contribution < 1.29 is 47.9 Å². The molecule has 2 aromatic carbocycles. The fourth-order valence-electron chi connectivity index (χ4n) is 6.81. The Labute approximate surface area is 264 Å². The molecule has 0 saturated carbocycles. The molecule has 2 aromatic rings. The Bertz CT molecular complexity index is 1340. The van der Waals surface area contributed by atoms with Gasteiger partial charge in [0, 0.05) is 24.7 Å². The van der Waals surface area contributed by atoms with E-state index in [4.69, 9.17) is 33.5 Å². The third-order valence-electron chi connectivity index (χ3n) is 9.11. The first kappa shape index (κ1) is 32.4. The van der Waals surface area contributed by atoms with E-state index in [0.717, 1.165) is 80.9 Å². The molecule has 1 saturated heterocycles. The van der Waals surface area contributed by atoms with Gasteiger partial charge < -0.3 is 33.5 Å². The maximum absolute atomic E-state index is 13.0. The van der Waals surface area contributed by atoms with E-state index in [-0.39, 0.29) is 55.1 Å². The lowest BCUT2D eigenvalue weighted by atomic mass is 9.67. The molecule has 0 aromatic heterocycles. The van der Waals surface area contributed by atoms with E-state index in [0.29, 0.717) is 36.0 Å². The second kappa shape index (κ2) is 15.4. The largest absolute Gasteiger partial charge is 0.493 e. The summed E-state index contributed by atoms with van der Waals surface area (Å²) in [6.07, 6.45) is 11.4. The topological polar surface area (TPSA) is 127 Å². The number of benzene rings is 2. The predicted molar refractivity (Wildman–Crippen MR) is 164 cm³/mol. The van der Waals surface area contributed by atoms with E-state index >= 15 is 0 Å². The van der Waals surface area contributed by atoms with E-state index in [9.17, 15) is 14.4 Å². The molecule has 3 atom stereocenters. The van der Waals surface area contributed by atoms with E-state index < -0.39 is 5.97 Å². The van der Waals surface area contributed by atoms with Crippen molar-refractivity contribution in [2.45, 2.75) is 89.4 Å². The summed E-state index contributed by atoms with van der Waals surface area (Å²) in [5, 5.41) is 8.69. The summed E-state index contributed by atoms with van der Waals surface area (Å²) in [7, 11) is 3.04. The second-order valence-corrected chi connectivity index (χ2v) is 12.2. The summed E-state index contributed by atoms with van der Waals surface area (Å²) in [5.41, 5.74) is 2.87. The fourth-order valence-corrected chi connectivity index (χ4v) is 6.81. The molecular formula is C35H44O10. The summed E-state index contributed by atoms with van der Waals surface area (Å²) < 4.78 is 34.0. The number of esters is 2. The van der Waals surface area contributed by atoms with E-state index in [1.54, 1.807) is 0 Å². The average molecular weight is 625 g/mol. The van der Waals surface area contributed by atoms with Crippen LogP contribution in [-0.2, 0) is 25.5 Å². The Hall–Kier alpha value is -3.95. The van der Waals surface area contributed by atoms with E-state index in [2.05, 4.69) is 0 Å². The number of carboxylic acid groups (broad SMARTS) is 1. The molecule has 10 nitrogen and oxygen atoms in total. The summed E-state index contributed by atoms with van der Waals surface area (Å²) in [6, 6.07) is 7.61. The van der Waals surface area contributed by atoms with E-state index in [1.165, 1.54) is 14.2 Å². The SMILES string of the molecule is COc1cc([C@@H]2c3cc4c(cc3C[C@H]3COC(=O)[C@@H]32)OCO4)cc(OC)c1OC(=O)CCCCCCCCCCCCC(=O)O. The van der Waals surface area contributed by atoms with Crippen molar-refractivity contribution in [2.75, 3.05) is 27.6 Å². The van der Waals surface area contributed by atoms with Gasteiger partial charge >= 0.3 is 17.9 Å². The lowest BCUT2D eigenvalue weighted by molar-refractivity contribution is -0.141. The van der Waals surface area contributed by atoms with Crippen molar-refractivity contribution in [3.8, 4) is 28.7 Å². The van der Waals surface area contributed by atoms with Crippen LogP contribution in [0.3, 0.4) is 0 Å². The molecule has 45 heavy (non-hydrogen) atoms. The summed E-state index contributed by atoms with van der Waals surface area (Å²) in [4.78, 5) is 36.4. The van der Waals surface area contributed by atoms with Gasteiger partial charge in [0.25, 0.3) is 0 Å². The third kappa shape index (κ3) is 7.83. The number of methoxy groups -OCH3 is 2. The zero-order chi connectivity index (χ0) is 31.8. The Morgan fingerprint density at radius 2 is 1.38 bits per heavy atom. The van der Waals surface area contributed by atoms with Crippen LogP contribution in [0.1, 0.15) is 99.7 Å². The highest BCUT2D eigenvalue weighted by atomic mass is 16.7. The normalized spacial score (nSPS) is 19.4. The van der Waals surface area contributed by atoms with Gasteiger partial charge in [-0.05, 0) is 60.2 Å². The molecular weight excluding hydrogens is 580 g/mol. The average Bonchev–Trinajstić information content (AvgIpc) is 3.64. The van der Waals surface area contributed by atoms with Crippen LogP contribution < -0.4 is 23.7 Å². The molecule has 0 bridgehead atoms. The van der Waals surface area contributed by atoms with Gasteiger partial charge in [0.15, 0.2) is 23.0 Å². The molecule has 10 heteroatoms. The molecule has 0 amide bonds. The highest BCUT2D eigenvalue weighted by Gasteiger charge is 2.48. The maximum Gasteiger partial charge on any atom is 0.311 e. The molecule has 244 valence electrons. The predicted octanol–water partition coefficient (Wildman–Crippen LogP) is 6.58. The highest BCUT2D eigenvalue weighted by molar-refractivity contribution is 5.79. The van der Waals surface area contributed by atoms with Crippen LogP contribution in [0, 0.1) is 11.8 Å². The number of carbonyl (C=O) groups excluding carboxylic acids is 2. The van der Waals surface area contributed by atoms with Crippen LogP contribution in [0.5, 0.6) is 28.7 Å². The van der Waals surface area contributed by atoms with Gasteiger partial charge in [0.05, 0.1) is 26.7 Å².